The van der Waals surface area contributed by atoms with Gasteiger partial charge in [0, 0.05) is 57.6 Å². The second kappa shape index (κ2) is 10.4. The zero-order valence-corrected chi connectivity index (χ0v) is 20.6. The highest BCUT2D eigenvalue weighted by molar-refractivity contribution is 7.89. The summed E-state index contributed by atoms with van der Waals surface area (Å²) in [5.74, 6) is -0.120. The van der Waals surface area contributed by atoms with Crippen LogP contribution in [-0.2, 0) is 21.4 Å². The molecule has 0 atom stereocenters. The van der Waals surface area contributed by atoms with Gasteiger partial charge in [0.15, 0.2) is 0 Å². The predicted octanol–water partition coefficient (Wildman–Crippen LogP) is 3.78. The summed E-state index contributed by atoms with van der Waals surface area (Å²) in [6.07, 6.45) is 6.25. The molecule has 2 aliphatic rings. The Kier molecular flexibility index (Phi) is 7.56. The van der Waals surface area contributed by atoms with E-state index in [1.54, 1.807) is 11.0 Å². The van der Waals surface area contributed by atoms with Crippen LogP contribution in [0.1, 0.15) is 37.7 Å². The summed E-state index contributed by atoms with van der Waals surface area (Å²) in [7, 11) is -1.90. The Labute approximate surface area is 201 Å². The van der Waals surface area contributed by atoms with Crippen molar-refractivity contribution in [3.05, 3.63) is 53.3 Å². The molecule has 0 aliphatic carbocycles. The molecule has 0 bridgehead atoms. The SMILES string of the molecule is CN(Cc1ccc(N2CCCCC2)cc1)C(=O)C1CCN(S(=O)(=O)c2cccnc2Cl)CC1. The molecular formula is C24H31ClN4O3S. The number of carbonyl (C=O) groups excluding carboxylic acids is 1. The third kappa shape index (κ3) is 5.50. The number of rotatable bonds is 6. The second-order valence-electron chi connectivity index (χ2n) is 8.88. The first-order valence-electron chi connectivity index (χ1n) is 11.6. The zero-order chi connectivity index (χ0) is 23.4. The maximum atomic E-state index is 13.0. The van der Waals surface area contributed by atoms with Crippen LogP contribution in [0.3, 0.4) is 0 Å². The van der Waals surface area contributed by atoms with Gasteiger partial charge in [-0.2, -0.15) is 4.31 Å². The van der Waals surface area contributed by atoms with Crippen LogP contribution in [-0.4, -0.2) is 61.7 Å². The lowest BCUT2D eigenvalue weighted by molar-refractivity contribution is -0.135. The fourth-order valence-electron chi connectivity index (χ4n) is 4.67. The van der Waals surface area contributed by atoms with E-state index in [1.165, 1.54) is 41.5 Å². The van der Waals surface area contributed by atoms with Crippen molar-refractivity contribution >= 4 is 33.2 Å². The summed E-state index contributed by atoms with van der Waals surface area (Å²) in [6.45, 7) is 3.35. The molecule has 1 aromatic heterocycles. The van der Waals surface area contributed by atoms with Crippen molar-refractivity contribution in [2.45, 2.75) is 43.5 Å². The summed E-state index contributed by atoms with van der Waals surface area (Å²) < 4.78 is 27.2. The Morgan fingerprint density at radius 3 is 2.36 bits per heavy atom. The molecule has 178 valence electrons. The average molecular weight is 491 g/mol. The average Bonchev–Trinajstić information content (AvgIpc) is 2.85. The van der Waals surface area contributed by atoms with E-state index in [2.05, 4.69) is 34.1 Å². The number of amides is 1. The Hall–Kier alpha value is -2.16. The minimum absolute atomic E-state index is 0.0153. The molecule has 4 rings (SSSR count). The van der Waals surface area contributed by atoms with E-state index in [0.29, 0.717) is 32.5 Å². The van der Waals surface area contributed by atoms with Crippen molar-refractivity contribution in [3.8, 4) is 0 Å². The number of hydrogen-bond donors (Lipinski definition) is 0. The van der Waals surface area contributed by atoms with Crippen LogP contribution in [0.5, 0.6) is 0 Å². The van der Waals surface area contributed by atoms with Crippen LogP contribution in [0.4, 0.5) is 5.69 Å². The molecule has 7 nitrogen and oxygen atoms in total. The molecule has 0 unspecified atom stereocenters. The van der Waals surface area contributed by atoms with Gasteiger partial charge in [-0.15, -0.1) is 0 Å². The molecule has 0 saturated carbocycles. The number of benzene rings is 1. The van der Waals surface area contributed by atoms with Crippen LogP contribution in [0.15, 0.2) is 47.5 Å². The topological polar surface area (TPSA) is 73.8 Å². The first kappa shape index (κ1) is 24.0. The van der Waals surface area contributed by atoms with Gasteiger partial charge in [-0.3, -0.25) is 4.79 Å². The Morgan fingerprint density at radius 1 is 1.06 bits per heavy atom. The van der Waals surface area contributed by atoms with Gasteiger partial charge in [0.25, 0.3) is 0 Å². The summed E-state index contributed by atoms with van der Waals surface area (Å²) >= 11 is 6.00. The van der Waals surface area contributed by atoms with Crippen molar-refractivity contribution in [2.75, 3.05) is 38.1 Å². The Bertz CT molecular complexity index is 1060. The van der Waals surface area contributed by atoms with Gasteiger partial charge in [-0.1, -0.05) is 23.7 Å². The van der Waals surface area contributed by atoms with Gasteiger partial charge < -0.3 is 9.80 Å². The standard InChI is InChI=1S/C24H31ClN4O3S/c1-27(18-19-7-9-21(10-8-19)28-14-3-2-4-15-28)24(30)20-11-16-29(17-12-20)33(31,32)22-6-5-13-26-23(22)25/h5-10,13,20H,2-4,11-12,14-18H2,1H3. The number of pyridine rings is 1. The van der Waals surface area contributed by atoms with E-state index in [-0.39, 0.29) is 21.9 Å². The number of hydrogen-bond acceptors (Lipinski definition) is 5. The summed E-state index contributed by atoms with van der Waals surface area (Å²) in [5, 5.41) is -0.0262. The number of sulfonamides is 1. The number of piperidine rings is 2. The second-order valence-corrected chi connectivity index (χ2v) is 11.1. The molecule has 3 heterocycles. The number of anilines is 1. The van der Waals surface area contributed by atoms with Crippen LogP contribution in [0.2, 0.25) is 5.15 Å². The number of aromatic nitrogens is 1. The minimum Gasteiger partial charge on any atom is -0.372 e. The third-order valence-corrected chi connectivity index (χ3v) is 8.94. The summed E-state index contributed by atoms with van der Waals surface area (Å²) in [5.41, 5.74) is 2.34. The minimum atomic E-state index is -3.71. The number of carbonyl (C=O) groups is 1. The lowest BCUT2D eigenvalue weighted by atomic mass is 9.96. The van der Waals surface area contributed by atoms with Gasteiger partial charge in [-0.25, -0.2) is 13.4 Å². The fourth-order valence-corrected chi connectivity index (χ4v) is 6.57. The van der Waals surface area contributed by atoms with Crippen molar-refractivity contribution in [3.63, 3.8) is 0 Å². The monoisotopic (exact) mass is 490 g/mol. The Balaban J connectivity index is 1.31. The normalized spacial score (nSPS) is 18.3. The summed E-state index contributed by atoms with van der Waals surface area (Å²) in [4.78, 5) is 21.1. The Morgan fingerprint density at radius 2 is 1.73 bits per heavy atom. The lowest BCUT2D eigenvalue weighted by Crippen LogP contribution is -2.43. The molecule has 1 aromatic carbocycles. The lowest BCUT2D eigenvalue weighted by Gasteiger charge is -2.32. The van der Waals surface area contributed by atoms with Crippen molar-refractivity contribution in [2.24, 2.45) is 5.92 Å². The highest BCUT2D eigenvalue weighted by Crippen LogP contribution is 2.28. The molecule has 2 aromatic rings. The van der Waals surface area contributed by atoms with E-state index < -0.39 is 10.0 Å². The van der Waals surface area contributed by atoms with Gasteiger partial charge >= 0.3 is 0 Å². The zero-order valence-electron chi connectivity index (χ0n) is 19.0. The van der Waals surface area contributed by atoms with E-state index in [9.17, 15) is 13.2 Å². The number of halogens is 1. The molecule has 1 amide bonds. The van der Waals surface area contributed by atoms with Gasteiger partial charge in [0.05, 0.1) is 0 Å². The molecule has 0 N–H and O–H groups in total. The molecule has 2 aliphatic heterocycles. The molecule has 9 heteroatoms. The fraction of sp³-hybridized carbons (Fsp3) is 0.500. The van der Waals surface area contributed by atoms with Gasteiger partial charge in [0.1, 0.15) is 10.0 Å². The van der Waals surface area contributed by atoms with Crippen LogP contribution >= 0.6 is 11.6 Å². The molecule has 33 heavy (non-hydrogen) atoms. The largest absolute Gasteiger partial charge is 0.372 e. The molecule has 2 saturated heterocycles. The van der Waals surface area contributed by atoms with Gasteiger partial charge in [0.2, 0.25) is 15.9 Å². The number of nitrogens with zero attached hydrogens (tertiary/aromatic N) is 4. The van der Waals surface area contributed by atoms with Crippen molar-refractivity contribution in [1.82, 2.24) is 14.2 Å². The quantitative estimate of drug-likeness (QED) is 0.576. The first-order chi connectivity index (χ1) is 15.9. The highest BCUT2D eigenvalue weighted by Gasteiger charge is 2.34. The first-order valence-corrected chi connectivity index (χ1v) is 13.4. The van der Waals surface area contributed by atoms with E-state index >= 15 is 0 Å². The van der Waals surface area contributed by atoms with Crippen LogP contribution in [0, 0.1) is 5.92 Å². The maximum absolute atomic E-state index is 13.0. The molecule has 0 radical (unpaired) electrons. The van der Waals surface area contributed by atoms with Gasteiger partial charge in [-0.05, 0) is 61.9 Å². The molecular weight excluding hydrogens is 460 g/mol. The summed E-state index contributed by atoms with van der Waals surface area (Å²) in [6, 6.07) is 11.5. The molecule has 0 spiro atoms. The van der Waals surface area contributed by atoms with Crippen LogP contribution < -0.4 is 4.90 Å². The maximum Gasteiger partial charge on any atom is 0.246 e. The van der Waals surface area contributed by atoms with Crippen molar-refractivity contribution in [1.29, 1.82) is 0 Å². The van der Waals surface area contributed by atoms with Crippen LogP contribution in [0.25, 0.3) is 0 Å². The predicted molar refractivity (Wildman–Crippen MR) is 130 cm³/mol. The van der Waals surface area contributed by atoms with Crippen molar-refractivity contribution < 1.29 is 13.2 Å². The highest BCUT2D eigenvalue weighted by atomic mass is 35.5. The smallest absolute Gasteiger partial charge is 0.246 e. The van der Waals surface area contributed by atoms with E-state index in [0.717, 1.165) is 18.7 Å². The van der Waals surface area contributed by atoms with E-state index in [4.69, 9.17) is 11.6 Å². The molecule has 2 fully saturated rings. The third-order valence-electron chi connectivity index (χ3n) is 6.60. The van der Waals surface area contributed by atoms with E-state index in [1.807, 2.05) is 7.05 Å².